The van der Waals surface area contributed by atoms with Crippen molar-refractivity contribution < 1.29 is 0 Å². The zero-order valence-corrected chi connectivity index (χ0v) is 33.2. The average Bonchev–Trinajstić information content (AvgIpc) is 3.25. The Hall–Kier alpha value is -5.02. The fourth-order valence-electron chi connectivity index (χ4n) is 9.70. The Kier molecular flexibility index (Phi) is 8.86. The summed E-state index contributed by atoms with van der Waals surface area (Å²) in [5.41, 5.74) is 7.79. The zero-order chi connectivity index (χ0) is 37.0. The van der Waals surface area contributed by atoms with Crippen LogP contribution in [-0.4, -0.2) is 31.3 Å². The Balaban J connectivity index is 1.27. The molecule has 0 spiro atoms. The molecular weight excluding hydrogens is 723 g/mol. The molecule has 3 aliphatic rings. The Bertz CT molecular complexity index is 2410. The van der Waals surface area contributed by atoms with Gasteiger partial charge in [0.1, 0.15) is 12.7 Å². The Morgan fingerprint density at radius 2 is 0.768 bits per heavy atom. The van der Waals surface area contributed by atoms with Crippen LogP contribution >= 0.6 is 15.8 Å². The van der Waals surface area contributed by atoms with Gasteiger partial charge in [0.2, 0.25) is 0 Å². The molecular formula is C48H44N6P2. The minimum atomic E-state index is -0.833. The van der Waals surface area contributed by atoms with Crippen LogP contribution in [0.3, 0.4) is 0 Å². The van der Waals surface area contributed by atoms with E-state index >= 15 is 0 Å². The fourth-order valence-corrected chi connectivity index (χ4v) is 16.2. The molecule has 0 radical (unpaired) electrons. The molecule has 6 nitrogen and oxygen atoms in total. The van der Waals surface area contributed by atoms with E-state index < -0.39 is 15.8 Å². The van der Waals surface area contributed by atoms with Gasteiger partial charge in [0, 0.05) is 67.1 Å². The molecule has 6 aromatic carbocycles. The third-order valence-corrected chi connectivity index (χ3v) is 18.5. The van der Waals surface area contributed by atoms with E-state index in [0.29, 0.717) is 11.3 Å². The van der Waals surface area contributed by atoms with Crippen LogP contribution in [0.1, 0.15) is 64.2 Å². The highest BCUT2D eigenvalue weighted by atomic mass is 31.1. The van der Waals surface area contributed by atoms with Crippen LogP contribution in [0, 0.1) is 0 Å². The van der Waals surface area contributed by atoms with E-state index in [4.69, 9.17) is 9.97 Å². The lowest BCUT2D eigenvalue weighted by Crippen LogP contribution is -2.30. The molecule has 0 amide bonds. The highest BCUT2D eigenvalue weighted by molar-refractivity contribution is 7.75. The smallest absolute Gasteiger partial charge is 0.116 e. The minimum absolute atomic E-state index is 0.547. The van der Waals surface area contributed by atoms with Crippen molar-refractivity contribution in [1.29, 1.82) is 0 Å². The first kappa shape index (κ1) is 34.2. The lowest BCUT2D eigenvalue weighted by molar-refractivity contribution is 0.513. The third-order valence-electron chi connectivity index (χ3n) is 12.4. The summed E-state index contributed by atoms with van der Waals surface area (Å²) in [5.74, 6) is 0. The number of fused-ring (bicyclic) bond motifs is 8. The topological polar surface area (TPSA) is 75.6 Å². The van der Waals surface area contributed by atoms with Crippen molar-refractivity contribution in [3.05, 3.63) is 122 Å². The Morgan fingerprint density at radius 3 is 1.18 bits per heavy atom. The highest BCUT2D eigenvalue weighted by Crippen LogP contribution is 2.54. The second-order valence-electron chi connectivity index (χ2n) is 15.9. The first-order valence-corrected chi connectivity index (χ1v) is 23.2. The van der Waals surface area contributed by atoms with Gasteiger partial charge in [-0.05, 0) is 123 Å². The first-order chi connectivity index (χ1) is 27.7. The van der Waals surface area contributed by atoms with Gasteiger partial charge in [-0.2, -0.15) is 0 Å². The van der Waals surface area contributed by atoms with Gasteiger partial charge in [0.25, 0.3) is 0 Å². The molecule has 2 aliphatic carbocycles. The summed E-state index contributed by atoms with van der Waals surface area (Å²) in [5, 5.41) is 21.4. The molecule has 2 fully saturated rings. The Labute approximate surface area is 330 Å². The zero-order valence-electron chi connectivity index (χ0n) is 31.5. The van der Waals surface area contributed by atoms with E-state index in [-0.39, 0.29) is 0 Å². The molecule has 3 heterocycles. The molecule has 0 bridgehead atoms. The number of rotatable bonds is 2. The van der Waals surface area contributed by atoms with Crippen LogP contribution in [0.15, 0.2) is 122 Å². The van der Waals surface area contributed by atoms with E-state index in [2.05, 4.69) is 118 Å². The van der Waals surface area contributed by atoms with Gasteiger partial charge in [0.15, 0.2) is 0 Å². The summed E-state index contributed by atoms with van der Waals surface area (Å²) in [6.07, 6.45) is 20.0. The molecule has 2 aromatic heterocycles. The lowest BCUT2D eigenvalue weighted by atomic mass is 10.0. The van der Waals surface area contributed by atoms with Gasteiger partial charge >= 0.3 is 0 Å². The standard InChI is InChI=1S/C48H44N6P2/c1-3-15-37(16-4-1)55-45-21-33-13-9-7-11-31(33)19-41(45)53-42-20-32-12-8-10-14-34(32)22-46(42)56(38-17-5-2-6-18-38)48-24-36-28-50-30-52-40(36)26-44(48)54-43-25-39-35(23-47(43)55)27-49-29-51-39/h7-14,19-30,37-38,53-54H,1-6,15-18H2. The molecule has 2 atom stereocenters. The minimum Gasteiger partial charge on any atom is -0.354 e. The normalized spacial score (nSPS) is 19.2. The van der Waals surface area contributed by atoms with Crippen molar-refractivity contribution >= 4 is 103 Å². The number of hydrogen-bond donors (Lipinski definition) is 2. The maximum atomic E-state index is 4.82. The summed E-state index contributed by atoms with van der Waals surface area (Å²) in [7, 11) is -1.67. The predicted molar refractivity (Wildman–Crippen MR) is 240 cm³/mol. The molecule has 2 unspecified atom stereocenters. The van der Waals surface area contributed by atoms with Crippen LogP contribution in [0.25, 0.3) is 43.4 Å². The van der Waals surface area contributed by atoms with Crippen LogP contribution in [0.4, 0.5) is 22.7 Å². The molecule has 11 rings (SSSR count). The quantitative estimate of drug-likeness (QED) is 0.171. The molecule has 8 aromatic rings. The van der Waals surface area contributed by atoms with E-state index in [1.54, 1.807) is 12.7 Å². The SMILES string of the molecule is c1ccc2cc3c(cc2c1)Nc1cc2ccccc2cc1P(C1CCCCC1)c1cc2cncnc2cc1Nc1cc2ncncc2cc1P3C1CCCCC1. The van der Waals surface area contributed by atoms with Gasteiger partial charge in [-0.25, -0.2) is 19.9 Å². The van der Waals surface area contributed by atoms with Gasteiger partial charge in [-0.1, -0.05) is 87.1 Å². The van der Waals surface area contributed by atoms with Crippen molar-refractivity contribution in [2.75, 3.05) is 10.6 Å². The third kappa shape index (κ3) is 6.19. The lowest BCUT2D eigenvalue weighted by Gasteiger charge is -2.37. The second-order valence-corrected chi connectivity index (χ2v) is 20.8. The van der Waals surface area contributed by atoms with Crippen molar-refractivity contribution in [3.63, 3.8) is 0 Å². The van der Waals surface area contributed by atoms with Crippen LogP contribution in [-0.2, 0) is 0 Å². The second kappa shape index (κ2) is 14.5. The van der Waals surface area contributed by atoms with E-state index in [1.807, 2.05) is 12.4 Å². The number of anilines is 4. The van der Waals surface area contributed by atoms with Crippen LogP contribution < -0.4 is 31.9 Å². The maximum absolute atomic E-state index is 4.82. The summed E-state index contributed by atoms with van der Waals surface area (Å²) in [4.78, 5) is 18.7. The molecule has 0 saturated heterocycles. The van der Waals surface area contributed by atoms with E-state index in [1.165, 1.54) is 118 Å². The van der Waals surface area contributed by atoms with Crippen molar-refractivity contribution in [1.82, 2.24) is 19.9 Å². The maximum Gasteiger partial charge on any atom is 0.116 e. The van der Waals surface area contributed by atoms with Gasteiger partial charge in [-0.3, -0.25) is 0 Å². The summed E-state index contributed by atoms with van der Waals surface area (Å²) in [6.45, 7) is 0. The van der Waals surface area contributed by atoms with Crippen LogP contribution in [0.5, 0.6) is 0 Å². The number of hydrogen-bond acceptors (Lipinski definition) is 6. The summed E-state index contributed by atoms with van der Waals surface area (Å²) < 4.78 is 0. The predicted octanol–water partition coefficient (Wildman–Crippen LogP) is 11.2. The van der Waals surface area contributed by atoms with Crippen molar-refractivity contribution in [2.24, 2.45) is 0 Å². The van der Waals surface area contributed by atoms with E-state index in [9.17, 15) is 0 Å². The first-order valence-electron chi connectivity index (χ1n) is 20.4. The largest absolute Gasteiger partial charge is 0.354 e. The highest BCUT2D eigenvalue weighted by Gasteiger charge is 2.35. The summed E-state index contributed by atoms with van der Waals surface area (Å²) in [6, 6.07) is 37.3. The summed E-state index contributed by atoms with van der Waals surface area (Å²) >= 11 is 0. The fraction of sp³-hybridized carbons (Fsp3) is 0.250. The molecule has 56 heavy (non-hydrogen) atoms. The molecule has 2 N–H and O–H groups in total. The molecule has 1 aliphatic heterocycles. The number of aromatic nitrogens is 4. The number of benzene rings is 6. The molecule has 276 valence electrons. The van der Waals surface area contributed by atoms with Crippen molar-refractivity contribution in [3.8, 4) is 0 Å². The van der Waals surface area contributed by atoms with Gasteiger partial charge in [-0.15, -0.1) is 0 Å². The number of nitrogens with one attached hydrogen (secondary N) is 2. The van der Waals surface area contributed by atoms with E-state index in [0.717, 1.165) is 33.2 Å². The molecule has 8 heteroatoms. The molecule has 2 saturated carbocycles. The average molecular weight is 767 g/mol. The van der Waals surface area contributed by atoms with Crippen LogP contribution in [0.2, 0.25) is 0 Å². The Morgan fingerprint density at radius 1 is 0.411 bits per heavy atom. The monoisotopic (exact) mass is 766 g/mol. The van der Waals surface area contributed by atoms with Gasteiger partial charge < -0.3 is 10.6 Å². The van der Waals surface area contributed by atoms with Crippen molar-refractivity contribution in [2.45, 2.75) is 75.5 Å². The van der Waals surface area contributed by atoms with Gasteiger partial charge in [0.05, 0.1) is 11.0 Å². The number of nitrogens with zero attached hydrogens (tertiary/aromatic N) is 4.